The first-order valence-corrected chi connectivity index (χ1v) is 8.30. The molecule has 0 amide bonds. The maximum Gasteiger partial charge on any atom is 0.284 e. The molecule has 114 valence electrons. The van der Waals surface area contributed by atoms with Crippen LogP contribution in [0.5, 0.6) is 0 Å². The summed E-state index contributed by atoms with van der Waals surface area (Å²) in [6.07, 6.45) is 3.75. The molecule has 2 aromatic rings. The summed E-state index contributed by atoms with van der Waals surface area (Å²) in [5, 5.41) is 0.782. The number of rotatable bonds is 2. The molecular formula is C19H22ClN2+. The van der Waals surface area contributed by atoms with E-state index < -0.39 is 0 Å². The van der Waals surface area contributed by atoms with E-state index in [-0.39, 0.29) is 0 Å². The predicted molar refractivity (Wildman–Crippen MR) is 94.3 cm³/mol. The lowest BCUT2D eigenvalue weighted by molar-refractivity contribution is -0.498. The van der Waals surface area contributed by atoms with E-state index in [1.54, 1.807) is 0 Å². The zero-order valence-electron chi connectivity index (χ0n) is 13.0. The fraction of sp³-hybridized carbons (Fsp3) is 0.316. The molecular weight excluding hydrogens is 292 g/mol. The van der Waals surface area contributed by atoms with Crippen LogP contribution in [0, 0.1) is 0 Å². The minimum absolute atomic E-state index is 0.782. The number of nitrogens with zero attached hydrogens (tertiary/aromatic N) is 2. The zero-order valence-corrected chi connectivity index (χ0v) is 13.8. The van der Waals surface area contributed by atoms with Gasteiger partial charge in [-0.3, -0.25) is 4.58 Å². The van der Waals surface area contributed by atoms with Gasteiger partial charge in [0.25, 0.3) is 5.84 Å². The van der Waals surface area contributed by atoms with Crippen molar-refractivity contribution in [2.45, 2.75) is 19.3 Å². The molecule has 0 radical (unpaired) electrons. The van der Waals surface area contributed by atoms with Crippen molar-refractivity contribution in [2.75, 3.05) is 25.0 Å². The van der Waals surface area contributed by atoms with Crippen molar-refractivity contribution in [3.63, 3.8) is 0 Å². The van der Waals surface area contributed by atoms with E-state index in [0.717, 1.165) is 18.1 Å². The highest BCUT2D eigenvalue weighted by atomic mass is 35.5. The molecule has 2 nitrogen and oxygen atoms in total. The lowest BCUT2D eigenvalue weighted by Gasteiger charge is -2.24. The van der Waals surface area contributed by atoms with Gasteiger partial charge in [-0.05, 0) is 55.7 Å². The summed E-state index contributed by atoms with van der Waals surface area (Å²) in [7, 11) is 2.19. The van der Waals surface area contributed by atoms with E-state index in [0.29, 0.717) is 0 Å². The van der Waals surface area contributed by atoms with Gasteiger partial charge in [0.05, 0.1) is 25.7 Å². The molecule has 1 aliphatic heterocycles. The molecule has 1 heterocycles. The highest BCUT2D eigenvalue weighted by Gasteiger charge is 2.26. The Hall–Kier alpha value is -1.80. The highest BCUT2D eigenvalue weighted by Crippen LogP contribution is 2.21. The van der Waals surface area contributed by atoms with Crippen LogP contribution in [0.2, 0.25) is 5.02 Å². The second kappa shape index (κ2) is 6.97. The SMILES string of the molecule is C[N+]1=C(c2ccc(Cl)cc2)N(c2ccccc2)CCCCC1. The Labute approximate surface area is 137 Å². The summed E-state index contributed by atoms with van der Waals surface area (Å²) >= 11 is 6.06. The van der Waals surface area contributed by atoms with Gasteiger partial charge in [0.2, 0.25) is 0 Å². The predicted octanol–water partition coefficient (Wildman–Crippen LogP) is 4.42. The van der Waals surface area contributed by atoms with E-state index >= 15 is 0 Å². The Balaban J connectivity index is 2.08. The summed E-state index contributed by atoms with van der Waals surface area (Å²) < 4.78 is 2.37. The van der Waals surface area contributed by atoms with Crippen LogP contribution >= 0.6 is 11.6 Å². The molecule has 0 aromatic heterocycles. The first kappa shape index (κ1) is 15.1. The quantitative estimate of drug-likeness (QED) is 0.744. The normalized spacial score (nSPS) is 16.4. The highest BCUT2D eigenvalue weighted by molar-refractivity contribution is 6.30. The summed E-state index contributed by atoms with van der Waals surface area (Å²) in [6, 6.07) is 18.8. The molecule has 2 aromatic carbocycles. The summed E-state index contributed by atoms with van der Waals surface area (Å²) in [5.74, 6) is 1.27. The molecule has 0 saturated carbocycles. The van der Waals surface area contributed by atoms with Gasteiger partial charge in [-0.25, -0.2) is 4.90 Å². The minimum Gasteiger partial charge on any atom is -0.264 e. The average molecular weight is 314 g/mol. The summed E-state index contributed by atoms with van der Waals surface area (Å²) in [5.41, 5.74) is 2.47. The van der Waals surface area contributed by atoms with Crippen LogP contribution in [0.3, 0.4) is 0 Å². The summed E-state index contributed by atoms with van der Waals surface area (Å²) in [4.78, 5) is 2.43. The number of hydrogen-bond acceptors (Lipinski definition) is 1. The van der Waals surface area contributed by atoms with Crippen LogP contribution in [0.1, 0.15) is 24.8 Å². The molecule has 0 bridgehead atoms. The maximum atomic E-state index is 6.06. The third kappa shape index (κ3) is 3.33. The van der Waals surface area contributed by atoms with Crippen molar-refractivity contribution in [3.05, 3.63) is 65.2 Å². The molecule has 1 aliphatic rings. The van der Waals surface area contributed by atoms with Crippen molar-refractivity contribution >= 4 is 23.1 Å². The van der Waals surface area contributed by atoms with E-state index in [4.69, 9.17) is 11.6 Å². The van der Waals surface area contributed by atoms with Gasteiger partial charge in [-0.2, -0.15) is 0 Å². The van der Waals surface area contributed by atoms with Gasteiger partial charge in [0, 0.05) is 5.02 Å². The molecule has 0 fully saturated rings. The maximum absolute atomic E-state index is 6.06. The third-order valence-corrected chi connectivity index (χ3v) is 4.41. The Morgan fingerprint density at radius 1 is 0.909 bits per heavy atom. The Morgan fingerprint density at radius 3 is 2.36 bits per heavy atom. The Morgan fingerprint density at radius 2 is 1.64 bits per heavy atom. The molecule has 0 saturated heterocycles. The van der Waals surface area contributed by atoms with Gasteiger partial charge in [0.15, 0.2) is 0 Å². The Kier molecular flexibility index (Phi) is 4.79. The number of amidine groups is 1. The number of benzene rings is 2. The van der Waals surface area contributed by atoms with Crippen molar-refractivity contribution in [1.82, 2.24) is 0 Å². The molecule has 0 spiro atoms. The molecule has 0 N–H and O–H groups in total. The van der Waals surface area contributed by atoms with E-state index in [1.807, 2.05) is 12.1 Å². The molecule has 0 aliphatic carbocycles. The van der Waals surface area contributed by atoms with Crippen LogP contribution < -0.4 is 4.90 Å². The van der Waals surface area contributed by atoms with Crippen LogP contribution in [0.15, 0.2) is 54.6 Å². The van der Waals surface area contributed by atoms with Crippen LogP contribution in [-0.4, -0.2) is 30.5 Å². The second-order valence-corrected chi connectivity index (χ2v) is 6.24. The minimum atomic E-state index is 0.782. The topological polar surface area (TPSA) is 6.25 Å². The fourth-order valence-corrected chi connectivity index (χ4v) is 3.17. The molecule has 22 heavy (non-hydrogen) atoms. The molecule has 3 heteroatoms. The smallest absolute Gasteiger partial charge is 0.264 e. The number of anilines is 1. The van der Waals surface area contributed by atoms with E-state index in [2.05, 4.69) is 59.0 Å². The first-order valence-electron chi connectivity index (χ1n) is 7.92. The van der Waals surface area contributed by atoms with Crippen LogP contribution in [0.25, 0.3) is 0 Å². The van der Waals surface area contributed by atoms with Gasteiger partial charge in [0.1, 0.15) is 5.69 Å². The van der Waals surface area contributed by atoms with Gasteiger partial charge in [-0.15, -0.1) is 0 Å². The number of halogens is 1. The van der Waals surface area contributed by atoms with Gasteiger partial charge < -0.3 is 0 Å². The van der Waals surface area contributed by atoms with Crippen molar-refractivity contribution in [3.8, 4) is 0 Å². The fourth-order valence-electron chi connectivity index (χ4n) is 3.05. The first-order chi connectivity index (χ1) is 10.8. The molecule has 0 atom stereocenters. The van der Waals surface area contributed by atoms with E-state index in [9.17, 15) is 0 Å². The van der Waals surface area contributed by atoms with E-state index in [1.165, 1.54) is 36.3 Å². The lowest BCUT2D eigenvalue weighted by Crippen LogP contribution is -2.40. The van der Waals surface area contributed by atoms with Crippen LogP contribution in [0.4, 0.5) is 5.69 Å². The van der Waals surface area contributed by atoms with Crippen molar-refractivity contribution < 1.29 is 4.58 Å². The number of para-hydroxylation sites is 1. The summed E-state index contributed by atoms with van der Waals surface area (Å²) in [6.45, 7) is 2.13. The van der Waals surface area contributed by atoms with Crippen molar-refractivity contribution in [2.24, 2.45) is 0 Å². The number of hydrogen-bond donors (Lipinski definition) is 0. The van der Waals surface area contributed by atoms with Gasteiger partial charge >= 0.3 is 0 Å². The molecule has 3 rings (SSSR count). The van der Waals surface area contributed by atoms with Crippen LogP contribution in [-0.2, 0) is 0 Å². The second-order valence-electron chi connectivity index (χ2n) is 5.80. The zero-order chi connectivity index (χ0) is 15.4. The largest absolute Gasteiger partial charge is 0.284 e. The lowest BCUT2D eigenvalue weighted by atomic mass is 10.1. The third-order valence-electron chi connectivity index (χ3n) is 4.16. The van der Waals surface area contributed by atoms with Crippen molar-refractivity contribution in [1.29, 1.82) is 0 Å². The standard InChI is InChI=1S/C19H22ClN2/c1-21-14-6-3-7-15-22(18-8-4-2-5-9-18)19(21)16-10-12-17(20)13-11-16/h2,4-5,8-13H,3,6-7,14-15H2,1H3/q+1. The Bertz CT molecular complexity index is 647. The van der Waals surface area contributed by atoms with Gasteiger partial charge in [-0.1, -0.05) is 29.8 Å². The molecule has 0 unspecified atom stereocenters. The average Bonchev–Trinajstić information content (AvgIpc) is 2.53. The monoisotopic (exact) mass is 313 g/mol.